The Bertz CT molecular complexity index is 807. The highest BCUT2D eigenvalue weighted by atomic mass is 15.1. The first kappa shape index (κ1) is 16.7. The molecular weight excluding hydrogens is 282 g/mol. The highest BCUT2D eigenvalue weighted by molar-refractivity contribution is 5.85. The Morgan fingerprint density at radius 1 is 0.739 bits per heavy atom. The molecule has 23 heavy (non-hydrogen) atoms. The average Bonchev–Trinajstić information content (AvgIpc) is 2.61. The van der Waals surface area contributed by atoms with E-state index < -0.39 is 0 Å². The molecular formula is C20H23N3. The average molecular weight is 305 g/mol. The van der Waals surface area contributed by atoms with E-state index in [1.54, 1.807) is 0 Å². The second-order valence-corrected chi connectivity index (χ2v) is 4.98. The summed E-state index contributed by atoms with van der Waals surface area (Å²) in [7, 11) is 1.92. The van der Waals surface area contributed by atoms with E-state index in [-0.39, 0.29) is 0 Å². The molecule has 3 aromatic carbocycles. The molecule has 3 aromatic rings. The molecule has 0 radical (unpaired) electrons. The fourth-order valence-electron chi connectivity index (χ4n) is 2.34. The van der Waals surface area contributed by atoms with Gasteiger partial charge < -0.3 is 5.32 Å². The molecule has 0 saturated carbocycles. The van der Waals surface area contributed by atoms with E-state index >= 15 is 0 Å². The molecule has 0 amide bonds. The largest absolute Gasteiger partial charge is 0.388 e. The third kappa shape index (κ3) is 4.16. The predicted octanol–water partition coefficient (Wildman–Crippen LogP) is 6.63. The summed E-state index contributed by atoms with van der Waals surface area (Å²) in [5, 5.41) is 14.2. The molecule has 0 spiro atoms. The van der Waals surface area contributed by atoms with Crippen molar-refractivity contribution < 1.29 is 0 Å². The van der Waals surface area contributed by atoms with Gasteiger partial charge in [-0.25, -0.2) is 0 Å². The summed E-state index contributed by atoms with van der Waals surface area (Å²) in [4.78, 5) is 0. The molecule has 0 atom stereocenters. The van der Waals surface area contributed by atoms with Gasteiger partial charge in [-0.05, 0) is 53.6 Å². The number of fused-ring (bicyclic) bond motifs is 1. The fourth-order valence-corrected chi connectivity index (χ4v) is 2.34. The third-order valence-electron chi connectivity index (χ3n) is 3.49. The maximum atomic E-state index is 4.33. The molecule has 0 bridgehead atoms. The van der Waals surface area contributed by atoms with Crippen LogP contribution in [0.2, 0.25) is 0 Å². The molecule has 0 aromatic heterocycles. The Hall–Kier alpha value is -2.68. The second kappa shape index (κ2) is 8.08. The summed E-state index contributed by atoms with van der Waals surface area (Å²) in [6.07, 6.45) is 0. The van der Waals surface area contributed by atoms with Crippen LogP contribution in [-0.2, 0) is 0 Å². The van der Waals surface area contributed by atoms with Crippen LogP contribution in [-0.4, -0.2) is 7.05 Å². The summed E-state index contributed by atoms with van der Waals surface area (Å²) in [6.45, 7) is 6.06. The number of aryl methyl sites for hydroxylation is 1. The molecule has 0 saturated heterocycles. The highest BCUT2D eigenvalue weighted by Crippen LogP contribution is 2.25. The summed E-state index contributed by atoms with van der Waals surface area (Å²) in [6, 6.07) is 20.4. The monoisotopic (exact) mass is 305 g/mol. The normalized spacial score (nSPS) is 10.4. The molecule has 0 aliphatic heterocycles. The van der Waals surface area contributed by atoms with Crippen molar-refractivity contribution in [3.8, 4) is 0 Å². The number of rotatable bonds is 3. The zero-order valence-electron chi connectivity index (χ0n) is 14.2. The number of azo groups is 1. The van der Waals surface area contributed by atoms with Crippen LogP contribution in [0.15, 0.2) is 70.9 Å². The molecule has 0 heterocycles. The van der Waals surface area contributed by atoms with Crippen molar-refractivity contribution in [3.63, 3.8) is 0 Å². The lowest BCUT2D eigenvalue weighted by atomic mass is 10.1. The molecule has 3 rings (SSSR count). The molecule has 3 heteroatoms. The van der Waals surface area contributed by atoms with Crippen molar-refractivity contribution in [3.05, 3.63) is 66.2 Å². The maximum Gasteiger partial charge on any atom is 0.0863 e. The van der Waals surface area contributed by atoms with Crippen LogP contribution in [0.4, 0.5) is 17.1 Å². The standard InChI is InChI=1S/C18H17N3.C2H6/c1-13-11-16(9-10-18(13)19-2)20-21-17-8-7-14-5-3-4-6-15(14)12-17;1-2/h3-12,19H,1-2H3;1-2H3. The van der Waals surface area contributed by atoms with Gasteiger partial charge in [0.05, 0.1) is 11.4 Å². The highest BCUT2D eigenvalue weighted by Gasteiger charge is 1.98. The van der Waals surface area contributed by atoms with E-state index in [2.05, 4.69) is 40.7 Å². The minimum absolute atomic E-state index is 0.861. The van der Waals surface area contributed by atoms with Gasteiger partial charge in [0, 0.05) is 12.7 Å². The Kier molecular flexibility index (Phi) is 5.87. The van der Waals surface area contributed by atoms with Crippen molar-refractivity contribution in [1.82, 2.24) is 0 Å². The first-order valence-electron chi connectivity index (χ1n) is 7.95. The third-order valence-corrected chi connectivity index (χ3v) is 3.49. The quantitative estimate of drug-likeness (QED) is 0.541. The first-order valence-corrected chi connectivity index (χ1v) is 7.95. The Balaban J connectivity index is 0.000000924. The van der Waals surface area contributed by atoms with Crippen LogP contribution >= 0.6 is 0 Å². The van der Waals surface area contributed by atoms with E-state index in [9.17, 15) is 0 Å². The lowest BCUT2D eigenvalue weighted by Crippen LogP contribution is -1.89. The molecule has 0 unspecified atom stereocenters. The number of nitrogens with one attached hydrogen (secondary N) is 1. The minimum atomic E-state index is 0.861. The SMILES string of the molecule is CC.CNc1ccc(N=Nc2ccc3ccccc3c2)cc1C. The molecule has 0 aliphatic rings. The van der Waals surface area contributed by atoms with Gasteiger partial charge in [-0.1, -0.05) is 44.2 Å². The van der Waals surface area contributed by atoms with Crippen LogP contribution in [0.1, 0.15) is 19.4 Å². The Morgan fingerprint density at radius 2 is 1.35 bits per heavy atom. The van der Waals surface area contributed by atoms with Crippen LogP contribution in [0.25, 0.3) is 10.8 Å². The summed E-state index contributed by atoms with van der Waals surface area (Å²) in [5.74, 6) is 0. The van der Waals surface area contributed by atoms with Gasteiger partial charge in [0.25, 0.3) is 0 Å². The number of benzene rings is 3. The van der Waals surface area contributed by atoms with Crippen LogP contribution in [0.3, 0.4) is 0 Å². The lowest BCUT2D eigenvalue weighted by Gasteiger charge is -2.04. The van der Waals surface area contributed by atoms with Crippen molar-refractivity contribution >= 4 is 27.8 Å². The second-order valence-electron chi connectivity index (χ2n) is 4.98. The van der Waals surface area contributed by atoms with Crippen LogP contribution in [0, 0.1) is 6.92 Å². The van der Waals surface area contributed by atoms with Gasteiger partial charge >= 0.3 is 0 Å². The number of anilines is 1. The Labute approximate surface area is 138 Å². The molecule has 3 nitrogen and oxygen atoms in total. The smallest absolute Gasteiger partial charge is 0.0863 e. The minimum Gasteiger partial charge on any atom is -0.388 e. The van der Waals surface area contributed by atoms with Crippen LogP contribution in [0.5, 0.6) is 0 Å². The predicted molar refractivity (Wildman–Crippen MR) is 100 cm³/mol. The molecule has 118 valence electrons. The van der Waals surface area contributed by atoms with Gasteiger partial charge in [0.15, 0.2) is 0 Å². The van der Waals surface area contributed by atoms with E-state index in [1.807, 2.05) is 63.4 Å². The molecule has 1 N–H and O–H groups in total. The van der Waals surface area contributed by atoms with Crippen molar-refractivity contribution in [2.45, 2.75) is 20.8 Å². The lowest BCUT2D eigenvalue weighted by molar-refractivity contribution is 1.23. The van der Waals surface area contributed by atoms with Gasteiger partial charge in [-0.2, -0.15) is 10.2 Å². The Morgan fingerprint density at radius 3 is 2.00 bits per heavy atom. The van der Waals surface area contributed by atoms with Crippen LogP contribution < -0.4 is 5.32 Å². The van der Waals surface area contributed by atoms with Crippen molar-refractivity contribution in [2.75, 3.05) is 12.4 Å². The van der Waals surface area contributed by atoms with E-state index in [4.69, 9.17) is 0 Å². The van der Waals surface area contributed by atoms with Gasteiger partial charge in [-0.3, -0.25) is 0 Å². The van der Waals surface area contributed by atoms with E-state index in [1.165, 1.54) is 10.8 Å². The topological polar surface area (TPSA) is 36.8 Å². The van der Waals surface area contributed by atoms with Gasteiger partial charge in [0.1, 0.15) is 0 Å². The maximum absolute atomic E-state index is 4.33. The summed E-state index contributed by atoms with van der Waals surface area (Å²) in [5.41, 5.74) is 4.00. The van der Waals surface area contributed by atoms with E-state index in [0.29, 0.717) is 0 Å². The van der Waals surface area contributed by atoms with Gasteiger partial charge in [-0.15, -0.1) is 0 Å². The van der Waals surface area contributed by atoms with E-state index in [0.717, 1.165) is 22.6 Å². The fraction of sp³-hybridized carbons (Fsp3) is 0.200. The number of hydrogen-bond acceptors (Lipinski definition) is 3. The number of hydrogen-bond donors (Lipinski definition) is 1. The molecule has 0 fully saturated rings. The summed E-state index contributed by atoms with van der Waals surface area (Å²) < 4.78 is 0. The first-order chi connectivity index (χ1) is 11.3. The zero-order valence-corrected chi connectivity index (χ0v) is 14.2. The van der Waals surface area contributed by atoms with Crippen molar-refractivity contribution in [1.29, 1.82) is 0 Å². The zero-order chi connectivity index (χ0) is 16.7. The summed E-state index contributed by atoms with van der Waals surface area (Å²) >= 11 is 0. The van der Waals surface area contributed by atoms with Gasteiger partial charge in [0.2, 0.25) is 0 Å². The number of nitrogens with zero attached hydrogens (tertiary/aromatic N) is 2. The van der Waals surface area contributed by atoms with Crippen molar-refractivity contribution in [2.24, 2.45) is 10.2 Å². The molecule has 0 aliphatic carbocycles.